The minimum Gasteiger partial charge on any atom is -0.496 e. The summed E-state index contributed by atoms with van der Waals surface area (Å²) in [5, 5.41) is 3.12. The van der Waals surface area contributed by atoms with Gasteiger partial charge in [-0.25, -0.2) is 0 Å². The van der Waals surface area contributed by atoms with Gasteiger partial charge < -0.3 is 10.1 Å². The number of hydrogen-bond acceptors (Lipinski definition) is 3. The van der Waals surface area contributed by atoms with Gasteiger partial charge in [-0.3, -0.25) is 4.79 Å². The lowest BCUT2D eigenvalue weighted by Gasteiger charge is -2.12. The van der Waals surface area contributed by atoms with Crippen LogP contribution in [0.5, 0.6) is 5.75 Å². The zero-order valence-corrected chi connectivity index (χ0v) is 10.8. The number of carbonyl (C=O) groups excluding carboxylic acids is 1. The van der Waals surface area contributed by atoms with Gasteiger partial charge in [0, 0.05) is 12.1 Å². The number of benzene rings is 1. The molecule has 1 fully saturated rings. The first-order valence-electron chi connectivity index (χ1n) is 5.82. The van der Waals surface area contributed by atoms with Crippen LogP contribution in [0.4, 0.5) is 0 Å². The predicted octanol–water partition coefficient (Wildman–Crippen LogP) is 2.21. The molecule has 1 aromatic rings. The van der Waals surface area contributed by atoms with Gasteiger partial charge in [0.15, 0.2) is 0 Å². The number of amides is 1. The van der Waals surface area contributed by atoms with Crippen LogP contribution >= 0.6 is 11.8 Å². The summed E-state index contributed by atoms with van der Waals surface area (Å²) in [6.07, 6.45) is 2.15. The van der Waals surface area contributed by atoms with Crippen molar-refractivity contribution >= 4 is 17.7 Å². The average Bonchev–Trinajstić information content (AvgIpc) is 2.90. The fourth-order valence-corrected chi connectivity index (χ4v) is 3.12. The zero-order chi connectivity index (χ0) is 12.1. The predicted molar refractivity (Wildman–Crippen MR) is 70.3 cm³/mol. The fourth-order valence-electron chi connectivity index (χ4n) is 1.93. The number of carbonyl (C=O) groups is 1. The summed E-state index contributed by atoms with van der Waals surface area (Å²) in [5.74, 6) is 2.08. The van der Waals surface area contributed by atoms with Gasteiger partial charge in [0.1, 0.15) is 5.75 Å². The molecule has 1 amide bonds. The highest BCUT2D eigenvalue weighted by molar-refractivity contribution is 8.00. The molecule has 1 aliphatic heterocycles. The summed E-state index contributed by atoms with van der Waals surface area (Å²) < 4.78 is 5.25. The van der Waals surface area contributed by atoms with Crippen LogP contribution in [0.2, 0.25) is 0 Å². The van der Waals surface area contributed by atoms with Crippen molar-refractivity contribution in [1.82, 2.24) is 5.32 Å². The molecule has 1 N–H and O–H groups in total. The second-order valence-corrected chi connectivity index (χ2v) is 5.34. The molecular weight excluding hydrogens is 234 g/mol. The molecular formula is C13H17NO2S. The molecule has 1 atom stereocenters. The Balaban J connectivity index is 1.90. The van der Waals surface area contributed by atoms with E-state index in [4.69, 9.17) is 4.74 Å². The van der Waals surface area contributed by atoms with E-state index in [1.165, 1.54) is 0 Å². The Kier molecular flexibility index (Phi) is 4.31. The fraction of sp³-hybridized carbons (Fsp3) is 0.462. The van der Waals surface area contributed by atoms with Crippen molar-refractivity contribution in [3.63, 3.8) is 0 Å². The van der Waals surface area contributed by atoms with E-state index < -0.39 is 0 Å². The highest BCUT2D eigenvalue weighted by Crippen LogP contribution is 2.26. The Morgan fingerprint density at radius 2 is 2.35 bits per heavy atom. The highest BCUT2D eigenvalue weighted by atomic mass is 32.2. The number of ether oxygens (including phenoxy) is 1. The lowest BCUT2D eigenvalue weighted by molar-refractivity contribution is -0.120. The molecule has 92 valence electrons. The molecule has 4 heteroatoms. The molecule has 1 unspecified atom stereocenters. The number of hydrogen-bond donors (Lipinski definition) is 1. The van der Waals surface area contributed by atoms with Gasteiger partial charge in [-0.2, -0.15) is 0 Å². The van der Waals surface area contributed by atoms with E-state index in [2.05, 4.69) is 5.32 Å². The third-order valence-corrected chi connectivity index (χ3v) is 4.24. The van der Waals surface area contributed by atoms with Gasteiger partial charge in [-0.05, 0) is 24.7 Å². The first kappa shape index (κ1) is 12.3. The van der Waals surface area contributed by atoms with E-state index in [9.17, 15) is 4.79 Å². The van der Waals surface area contributed by atoms with Crippen LogP contribution in [0.25, 0.3) is 0 Å². The van der Waals surface area contributed by atoms with Crippen molar-refractivity contribution in [2.24, 2.45) is 0 Å². The number of nitrogens with one attached hydrogen (secondary N) is 1. The molecule has 0 bridgehead atoms. The van der Waals surface area contributed by atoms with Gasteiger partial charge >= 0.3 is 0 Å². The van der Waals surface area contributed by atoms with Crippen LogP contribution in [-0.4, -0.2) is 24.0 Å². The number of rotatable bonds is 4. The summed E-state index contributed by atoms with van der Waals surface area (Å²) in [4.78, 5) is 11.8. The average molecular weight is 251 g/mol. The first-order valence-corrected chi connectivity index (χ1v) is 6.87. The van der Waals surface area contributed by atoms with Crippen molar-refractivity contribution in [3.05, 3.63) is 29.8 Å². The lowest BCUT2D eigenvalue weighted by atomic mass is 10.2. The molecule has 0 aliphatic carbocycles. The van der Waals surface area contributed by atoms with E-state index in [0.717, 1.165) is 29.9 Å². The maximum Gasteiger partial charge on any atom is 0.233 e. The Labute approximate surface area is 106 Å². The van der Waals surface area contributed by atoms with E-state index in [0.29, 0.717) is 6.54 Å². The minimum atomic E-state index is 0.143. The summed E-state index contributed by atoms with van der Waals surface area (Å²) in [6, 6.07) is 7.76. The summed E-state index contributed by atoms with van der Waals surface area (Å²) in [6.45, 7) is 0.542. The monoisotopic (exact) mass is 251 g/mol. The Morgan fingerprint density at radius 3 is 3.06 bits per heavy atom. The highest BCUT2D eigenvalue weighted by Gasteiger charge is 2.22. The van der Waals surface area contributed by atoms with Crippen molar-refractivity contribution in [1.29, 1.82) is 0 Å². The van der Waals surface area contributed by atoms with E-state index in [1.54, 1.807) is 18.9 Å². The minimum absolute atomic E-state index is 0.143. The standard InChI is InChI=1S/C13H17NO2S/c1-16-11-6-3-2-5-10(11)9-14-13(15)12-7-4-8-17-12/h2-3,5-6,12H,4,7-9H2,1H3,(H,14,15). The van der Waals surface area contributed by atoms with Crippen LogP contribution in [0.15, 0.2) is 24.3 Å². The molecule has 1 saturated heterocycles. The SMILES string of the molecule is COc1ccccc1CNC(=O)C1CCCS1. The molecule has 1 aromatic carbocycles. The second kappa shape index (κ2) is 5.96. The van der Waals surface area contributed by atoms with Gasteiger partial charge in [-0.15, -0.1) is 11.8 Å². The van der Waals surface area contributed by atoms with Gasteiger partial charge in [0.2, 0.25) is 5.91 Å². The Bertz CT molecular complexity index is 389. The number of thioether (sulfide) groups is 1. The topological polar surface area (TPSA) is 38.3 Å². The van der Waals surface area contributed by atoms with E-state index >= 15 is 0 Å². The molecule has 0 radical (unpaired) electrons. The molecule has 1 aliphatic rings. The molecule has 3 nitrogen and oxygen atoms in total. The summed E-state index contributed by atoms with van der Waals surface area (Å²) in [7, 11) is 1.65. The zero-order valence-electron chi connectivity index (χ0n) is 9.94. The third-order valence-electron chi connectivity index (χ3n) is 2.87. The van der Waals surface area contributed by atoms with Crippen LogP contribution in [0.1, 0.15) is 18.4 Å². The molecule has 2 rings (SSSR count). The summed E-state index contributed by atoms with van der Waals surface area (Å²) >= 11 is 1.75. The van der Waals surface area contributed by atoms with Crippen LogP contribution in [-0.2, 0) is 11.3 Å². The maximum atomic E-state index is 11.8. The van der Waals surface area contributed by atoms with Gasteiger partial charge in [0.25, 0.3) is 0 Å². The van der Waals surface area contributed by atoms with Crippen molar-refractivity contribution < 1.29 is 9.53 Å². The maximum absolute atomic E-state index is 11.8. The van der Waals surface area contributed by atoms with Crippen LogP contribution in [0, 0.1) is 0 Å². The second-order valence-electron chi connectivity index (χ2n) is 4.03. The largest absolute Gasteiger partial charge is 0.496 e. The molecule has 0 aromatic heterocycles. The molecule has 1 heterocycles. The Hall–Kier alpha value is -1.16. The van der Waals surface area contributed by atoms with Crippen molar-refractivity contribution in [3.8, 4) is 5.75 Å². The van der Waals surface area contributed by atoms with Crippen molar-refractivity contribution in [2.75, 3.05) is 12.9 Å². The van der Waals surface area contributed by atoms with Crippen LogP contribution < -0.4 is 10.1 Å². The summed E-state index contributed by atoms with van der Waals surface area (Å²) in [5.41, 5.74) is 1.02. The third kappa shape index (κ3) is 3.16. The smallest absolute Gasteiger partial charge is 0.233 e. The number of para-hydroxylation sites is 1. The van der Waals surface area contributed by atoms with E-state index in [-0.39, 0.29) is 11.2 Å². The Morgan fingerprint density at radius 1 is 1.53 bits per heavy atom. The van der Waals surface area contributed by atoms with Gasteiger partial charge in [0.05, 0.1) is 12.4 Å². The molecule has 17 heavy (non-hydrogen) atoms. The molecule has 0 saturated carbocycles. The number of methoxy groups -OCH3 is 1. The molecule has 0 spiro atoms. The van der Waals surface area contributed by atoms with Gasteiger partial charge in [-0.1, -0.05) is 18.2 Å². The van der Waals surface area contributed by atoms with E-state index in [1.807, 2.05) is 24.3 Å². The van der Waals surface area contributed by atoms with Crippen molar-refractivity contribution in [2.45, 2.75) is 24.6 Å². The first-order chi connectivity index (χ1) is 8.31. The normalized spacial score (nSPS) is 19.0. The lowest BCUT2D eigenvalue weighted by Crippen LogP contribution is -2.30. The quantitative estimate of drug-likeness (QED) is 0.891. The van der Waals surface area contributed by atoms with Crippen LogP contribution in [0.3, 0.4) is 0 Å².